The first-order valence-corrected chi connectivity index (χ1v) is 7.85. The van der Waals surface area contributed by atoms with E-state index in [2.05, 4.69) is 5.32 Å². The van der Waals surface area contributed by atoms with Crippen LogP contribution in [0.2, 0.25) is 0 Å². The molecule has 88 valence electrons. The summed E-state index contributed by atoms with van der Waals surface area (Å²) in [5.74, 6) is 2.30. The number of hydrogen-bond donors (Lipinski definition) is 1. The van der Waals surface area contributed by atoms with Crippen LogP contribution in [0, 0.1) is 5.82 Å². The minimum Gasteiger partial charge on any atom is -0.382 e. The van der Waals surface area contributed by atoms with Gasteiger partial charge in [0, 0.05) is 16.6 Å². The van der Waals surface area contributed by atoms with Gasteiger partial charge in [-0.15, -0.1) is 11.8 Å². The average Bonchev–Trinajstić information content (AvgIpc) is 2.31. The summed E-state index contributed by atoms with van der Waals surface area (Å²) in [6, 6.07) is 5.94. The molecule has 0 bridgehead atoms. The molecule has 1 fully saturated rings. The van der Waals surface area contributed by atoms with Gasteiger partial charge in [-0.3, -0.25) is 0 Å². The lowest BCUT2D eigenvalue weighted by atomic mass is 10.1. The summed E-state index contributed by atoms with van der Waals surface area (Å²) in [6.07, 6.45) is 4.25. The minimum atomic E-state index is -0.123. The third kappa shape index (κ3) is 3.08. The summed E-state index contributed by atoms with van der Waals surface area (Å²) < 4.78 is 13.5. The number of nitrogens with one attached hydrogen (secondary N) is 1. The van der Waals surface area contributed by atoms with Gasteiger partial charge in [0.2, 0.25) is 0 Å². The predicted molar refractivity (Wildman–Crippen MR) is 72.2 cm³/mol. The van der Waals surface area contributed by atoms with E-state index in [0.717, 1.165) is 5.69 Å². The van der Waals surface area contributed by atoms with E-state index in [0.29, 0.717) is 10.9 Å². The lowest BCUT2D eigenvalue weighted by Gasteiger charge is -2.23. The van der Waals surface area contributed by atoms with Crippen LogP contribution in [0.1, 0.15) is 12.8 Å². The second-order valence-corrected chi connectivity index (χ2v) is 5.95. The summed E-state index contributed by atoms with van der Waals surface area (Å²) in [4.78, 5) is 0.713. The maximum atomic E-state index is 13.5. The predicted octanol–water partition coefficient (Wildman–Crippen LogP) is 3.86. The summed E-state index contributed by atoms with van der Waals surface area (Å²) in [5, 5.41) is 3.41. The van der Waals surface area contributed by atoms with Gasteiger partial charge < -0.3 is 5.32 Å². The summed E-state index contributed by atoms with van der Waals surface area (Å²) in [7, 11) is 0. The highest BCUT2D eigenvalue weighted by Gasteiger charge is 2.13. The van der Waals surface area contributed by atoms with Gasteiger partial charge in [0.05, 0.1) is 0 Å². The topological polar surface area (TPSA) is 12.0 Å². The first-order chi connectivity index (χ1) is 7.79. The van der Waals surface area contributed by atoms with Crippen molar-refractivity contribution >= 4 is 29.2 Å². The highest BCUT2D eigenvalue weighted by atomic mass is 32.2. The molecule has 16 heavy (non-hydrogen) atoms. The molecule has 0 atom stereocenters. The monoisotopic (exact) mass is 257 g/mol. The summed E-state index contributed by atoms with van der Waals surface area (Å²) >= 11 is 3.45. The Hall–Kier alpha value is -0.350. The Morgan fingerprint density at radius 1 is 1.38 bits per heavy atom. The molecule has 1 aromatic rings. The third-order valence-electron chi connectivity index (χ3n) is 2.74. The van der Waals surface area contributed by atoms with Crippen LogP contribution in [-0.4, -0.2) is 23.8 Å². The zero-order chi connectivity index (χ0) is 11.4. The standard InChI is InChI=1S/C12H16FNS2/c1-15-12-3-2-10(8-11(12)13)14-9-4-6-16-7-5-9/h2-3,8-9,14H,4-7H2,1H3. The van der Waals surface area contributed by atoms with Crippen LogP contribution in [-0.2, 0) is 0 Å². The molecule has 1 aromatic carbocycles. The fourth-order valence-electron chi connectivity index (χ4n) is 1.83. The maximum Gasteiger partial charge on any atom is 0.138 e. The smallest absolute Gasteiger partial charge is 0.138 e. The van der Waals surface area contributed by atoms with Crippen LogP contribution >= 0.6 is 23.5 Å². The van der Waals surface area contributed by atoms with Crippen molar-refractivity contribution in [2.75, 3.05) is 23.1 Å². The third-order valence-corrected chi connectivity index (χ3v) is 4.56. The molecule has 0 radical (unpaired) electrons. The highest BCUT2D eigenvalue weighted by molar-refractivity contribution is 7.99. The van der Waals surface area contributed by atoms with Crippen molar-refractivity contribution in [3.05, 3.63) is 24.0 Å². The molecule has 1 N–H and O–H groups in total. The van der Waals surface area contributed by atoms with Crippen molar-refractivity contribution in [3.63, 3.8) is 0 Å². The Morgan fingerprint density at radius 2 is 2.12 bits per heavy atom. The van der Waals surface area contributed by atoms with Crippen LogP contribution in [0.3, 0.4) is 0 Å². The maximum absolute atomic E-state index is 13.5. The number of rotatable bonds is 3. The van der Waals surface area contributed by atoms with Crippen molar-refractivity contribution in [1.29, 1.82) is 0 Å². The molecule has 1 aliphatic rings. The van der Waals surface area contributed by atoms with E-state index in [-0.39, 0.29) is 5.82 Å². The number of hydrogen-bond acceptors (Lipinski definition) is 3. The van der Waals surface area contributed by atoms with Crippen molar-refractivity contribution in [2.45, 2.75) is 23.8 Å². The van der Waals surface area contributed by atoms with E-state index in [1.165, 1.54) is 36.1 Å². The van der Waals surface area contributed by atoms with Crippen LogP contribution in [0.4, 0.5) is 10.1 Å². The number of anilines is 1. The van der Waals surface area contributed by atoms with Gasteiger partial charge in [0.15, 0.2) is 0 Å². The van der Waals surface area contributed by atoms with E-state index in [4.69, 9.17) is 0 Å². The molecule has 0 saturated carbocycles. The summed E-state index contributed by atoms with van der Waals surface area (Å²) in [6.45, 7) is 0. The van der Waals surface area contributed by atoms with Crippen LogP contribution < -0.4 is 5.32 Å². The van der Waals surface area contributed by atoms with Crippen molar-refractivity contribution < 1.29 is 4.39 Å². The molecule has 0 amide bonds. The molecule has 2 rings (SSSR count). The van der Waals surface area contributed by atoms with Crippen molar-refractivity contribution in [1.82, 2.24) is 0 Å². The molecule has 1 nitrogen and oxygen atoms in total. The lowest BCUT2D eigenvalue weighted by molar-refractivity contribution is 0.601. The van der Waals surface area contributed by atoms with Gasteiger partial charge in [-0.2, -0.15) is 11.8 Å². The van der Waals surface area contributed by atoms with E-state index in [1.807, 2.05) is 30.2 Å². The molecule has 1 saturated heterocycles. The fraction of sp³-hybridized carbons (Fsp3) is 0.500. The minimum absolute atomic E-state index is 0.123. The van der Waals surface area contributed by atoms with Crippen LogP contribution in [0.25, 0.3) is 0 Å². The van der Waals surface area contributed by atoms with Gasteiger partial charge in [0.25, 0.3) is 0 Å². The molecule has 0 unspecified atom stereocenters. The highest BCUT2D eigenvalue weighted by Crippen LogP contribution is 2.25. The number of halogens is 1. The first kappa shape index (κ1) is 12.1. The molecule has 0 aliphatic carbocycles. The fourth-order valence-corrected chi connectivity index (χ4v) is 3.40. The van der Waals surface area contributed by atoms with E-state index >= 15 is 0 Å². The number of thioether (sulfide) groups is 2. The van der Waals surface area contributed by atoms with Crippen LogP contribution in [0.5, 0.6) is 0 Å². The van der Waals surface area contributed by atoms with Gasteiger partial charge in [-0.05, 0) is 48.8 Å². The Morgan fingerprint density at radius 3 is 2.75 bits per heavy atom. The Labute approximate surface area is 105 Å². The molecule has 0 spiro atoms. The SMILES string of the molecule is CSc1ccc(NC2CCSCC2)cc1F. The van der Waals surface area contributed by atoms with Gasteiger partial charge in [0.1, 0.15) is 5.82 Å². The van der Waals surface area contributed by atoms with Gasteiger partial charge in [-0.25, -0.2) is 4.39 Å². The van der Waals surface area contributed by atoms with Crippen LogP contribution in [0.15, 0.2) is 23.1 Å². The largest absolute Gasteiger partial charge is 0.382 e. The Kier molecular flexibility index (Phi) is 4.41. The normalized spacial score (nSPS) is 17.4. The Bertz CT molecular complexity index is 351. The zero-order valence-electron chi connectivity index (χ0n) is 9.33. The molecular weight excluding hydrogens is 241 g/mol. The molecule has 0 aromatic heterocycles. The average molecular weight is 257 g/mol. The molecule has 4 heteroatoms. The van der Waals surface area contributed by atoms with E-state index in [9.17, 15) is 4.39 Å². The van der Waals surface area contributed by atoms with Gasteiger partial charge in [-0.1, -0.05) is 0 Å². The molecule has 1 heterocycles. The Balaban J connectivity index is 2.01. The lowest BCUT2D eigenvalue weighted by Crippen LogP contribution is -2.24. The van der Waals surface area contributed by atoms with Crippen molar-refractivity contribution in [3.8, 4) is 0 Å². The van der Waals surface area contributed by atoms with Crippen molar-refractivity contribution in [2.24, 2.45) is 0 Å². The van der Waals surface area contributed by atoms with E-state index < -0.39 is 0 Å². The summed E-state index contributed by atoms with van der Waals surface area (Å²) in [5.41, 5.74) is 0.909. The zero-order valence-corrected chi connectivity index (χ0v) is 11.0. The molecule has 1 aliphatic heterocycles. The second-order valence-electron chi connectivity index (χ2n) is 3.88. The quantitative estimate of drug-likeness (QED) is 0.826. The molecular formula is C12H16FNS2. The second kappa shape index (κ2) is 5.82. The van der Waals surface area contributed by atoms with E-state index in [1.54, 1.807) is 6.07 Å². The van der Waals surface area contributed by atoms with Gasteiger partial charge >= 0.3 is 0 Å². The first-order valence-electron chi connectivity index (χ1n) is 5.47. The number of benzene rings is 1.